The van der Waals surface area contributed by atoms with Crippen LogP contribution in [0.15, 0.2) is 18.2 Å². The molecule has 3 N–H and O–H groups in total. The van der Waals surface area contributed by atoms with Crippen LogP contribution in [0.4, 0.5) is 5.69 Å². The van der Waals surface area contributed by atoms with Crippen LogP contribution in [-0.2, 0) is 4.79 Å². The van der Waals surface area contributed by atoms with E-state index >= 15 is 0 Å². The van der Waals surface area contributed by atoms with Crippen LogP contribution in [0.25, 0.3) is 0 Å². The number of benzene rings is 1. The number of hydrogen-bond donors (Lipinski definition) is 3. The van der Waals surface area contributed by atoms with E-state index in [1.165, 1.54) is 7.05 Å². The maximum Gasteiger partial charge on any atom is 0.252 e. The number of rotatable bonds is 5. The summed E-state index contributed by atoms with van der Waals surface area (Å²) in [5.41, 5.74) is 0.893. The highest BCUT2D eigenvalue weighted by molar-refractivity contribution is 6.34. The van der Waals surface area contributed by atoms with Crippen molar-refractivity contribution < 1.29 is 9.59 Å². The molecule has 0 spiro atoms. The minimum absolute atomic E-state index is 0.116. The van der Waals surface area contributed by atoms with Gasteiger partial charge in [0.15, 0.2) is 0 Å². The molecular weight excluding hydrogens is 254 g/mol. The lowest BCUT2D eigenvalue weighted by Crippen LogP contribution is -2.20. The summed E-state index contributed by atoms with van der Waals surface area (Å²) < 4.78 is 0. The quantitative estimate of drug-likeness (QED) is 0.753. The molecule has 2 amide bonds. The molecule has 0 bridgehead atoms. The Labute approximate surface area is 111 Å². The minimum atomic E-state index is -0.286. The first-order valence-corrected chi connectivity index (χ1v) is 5.92. The fourth-order valence-electron chi connectivity index (χ4n) is 1.37. The van der Waals surface area contributed by atoms with Gasteiger partial charge in [-0.1, -0.05) is 11.6 Å². The third-order valence-corrected chi connectivity index (χ3v) is 2.65. The zero-order valence-corrected chi connectivity index (χ0v) is 11.1. The van der Waals surface area contributed by atoms with Gasteiger partial charge in [-0.15, -0.1) is 0 Å². The summed E-state index contributed by atoms with van der Waals surface area (Å²) in [6, 6.07) is 4.80. The number of hydrogen-bond acceptors (Lipinski definition) is 3. The lowest BCUT2D eigenvalue weighted by atomic mass is 10.2. The van der Waals surface area contributed by atoms with E-state index < -0.39 is 0 Å². The van der Waals surface area contributed by atoms with Crippen molar-refractivity contribution in [1.29, 1.82) is 0 Å². The van der Waals surface area contributed by atoms with Crippen molar-refractivity contribution in [2.75, 3.05) is 26.0 Å². The van der Waals surface area contributed by atoms with E-state index in [4.69, 9.17) is 11.6 Å². The monoisotopic (exact) mass is 269 g/mol. The Kier molecular flexibility index (Phi) is 5.61. The number of carbonyl (C=O) groups is 2. The van der Waals surface area contributed by atoms with Crippen molar-refractivity contribution in [3.05, 3.63) is 28.8 Å². The molecule has 0 aliphatic rings. The van der Waals surface area contributed by atoms with E-state index in [1.807, 2.05) is 0 Å². The van der Waals surface area contributed by atoms with Crippen LogP contribution >= 0.6 is 11.6 Å². The molecule has 0 saturated carbocycles. The van der Waals surface area contributed by atoms with Crippen molar-refractivity contribution in [2.45, 2.75) is 6.42 Å². The van der Waals surface area contributed by atoms with Crippen molar-refractivity contribution >= 4 is 29.1 Å². The summed E-state index contributed by atoms with van der Waals surface area (Å²) in [7, 11) is 3.30. The molecule has 1 aromatic carbocycles. The second kappa shape index (κ2) is 6.98. The summed E-state index contributed by atoms with van der Waals surface area (Å²) in [6.07, 6.45) is 0.369. The first-order chi connectivity index (χ1) is 8.58. The highest BCUT2D eigenvalue weighted by Crippen LogP contribution is 2.20. The highest BCUT2D eigenvalue weighted by Gasteiger charge is 2.10. The van der Waals surface area contributed by atoms with Gasteiger partial charge < -0.3 is 16.0 Å². The number of carbonyl (C=O) groups excluding carboxylic acids is 2. The smallest absolute Gasteiger partial charge is 0.252 e. The maximum absolute atomic E-state index is 11.5. The van der Waals surface area contributed by atoms with Crippen LogP contribution in [-0.4, -0.2) is 32.5 Å². The van der Waals surface area contributed by atoms with E-state index in [0.29, 0.717) is 29.2 Å². The Morgan fingerprint density at radius 1 is 1.28 bits per heavy atom. The second-order valence-corrected chi connectivity index (χ2v) is 4.08. The van der Waals surface area contributed by atoms with E-state index in [0.717, 1.165) is 0 Å². The Bertz CT molecular complexity index is 449. The first-order valence-electron chi connectivity index (χ1n) is 5.54. The number of nitrogens with one attached hydrogen (secondary N) is 3. The molecule has 1 rings (SSSR count). The number of amides is 2. The van der Waals surface area contributed by atoms with E-state index in [9.17, 15) is 9.59 Å². The predicted octanol–water partition coefficient (Wildman–Crippen LogP) is 1.25. The molecule has 0 fully saturated rings. The predicted molar refractivity (Wildman–Crippen MR) is 72.0 cm³/mol. The number of halogens is 1. The molecule has 5 nitrogen and oxygen atoms in total. The van der Waals surface area contributed by atoms with Crippen molar-refractivity contribution in [3.8, 4) is 0 Å². The van der Waals surface area contributed by atoms with Gasteiger partial charge in [0.25, 0.3) is 5.91 Å². The largest absolute Gasteiger partial charge is 0.355 e. The summed E-state index contributed by atoms with van der Waals surface area (Å²) in [5, 5.41) is 8.43. The molecule has 0 aromatic heterocycles. The fourth-order valence-corrected chi connectivity index (χ4v) is 1.58. The zero-order chi connectivity index (χ0) is 13.5. The van der Waals surface area contributed by atoms with Gasteiger partial charge in [-0.25, -0.2) is 0 Å². The third kappa shape index (κ3) is 4.01. The summed E-state index contributed by atoms with van der Waals surface area (Å²) in [5.74, 6) is -0.402. The molecular formula is C12H16ClN3O2. The molecule has 0 saturated heterocycles. The summed E-state index contributed by atoms with van der Waals surface area (Å²) >= 11 is 5.91. The van der Waals surface area contributed by atoms with Crippen LogP contribution in [0.1, 0.15) is 16.8 Å². The Balaban J connectivity index is 2.79. The molecule has 1 aromatic rings. The summed E-state index contributed by atoms with van der Waals surface area (Å²) in [4.78, 5) is 23.0. The van der Waals surface area contributed by atoms with Gasteiger partial charge in [0, 0.05) is 25.7 Å². The summed E-state index contributed by atoms with van der Waals surface area (Å²) in [6.45, 7) is 0.599. The molecule has 98 valence electrons. The molecule has 0 heterocycles. The average Bonchev–Trinajstić information content (AvgIpc) is 2.37. The van der Waals surface area contributed by atoms with Crippen LogP contribution in [0.3, 0.4) is 0 Å². The Morgan fingerprint density at radius 2 is 2.00 bits per heavy atom. The number of anilines is 1. The SMILES string of the molecule is CNCCC(=O)Nc1ccc(Cl)c(C(=O)NC)c1. The molecule has 6 heteroatoms. The fraction of sp³-hybridized carbons (Fsp3) is 0.333. The van der Waals surface area contributed by atoms with Gasteiger partial charge in [-0.2, -0.15) is 0 Å². The van der Waals surface area contributed by atoms with Gasteiger partial charge in [0.2, 0.25) is 5.91 Å². The van der Waals surface area contributed by atoms with Gasteiger partial charge in [-0.05, 0) is 25.2 Å². The molecule has 0 aliphatic carbocycles. The zero-order valence-electron chi connectivity index (χ0n) is 10.3. The van der Waals surface area contributed by atoms with Crippen molar-refractivity contribution in [3.63, 3.8) is 0 Å². The normalized spacial score (nSPS) is 9.94. The molecule has 0 radical (unpaired) electrons. The van der Waals surface area contributed by atoms with Gasteiger partial charge in [-0.3, -0.25) is 9.59 Å². The topological polar surface area (TPSA) is 70.2 Å². The molecule has 18 heavy (non-hydrogen) atoms. The minimum Gasteiger partial charge on any atom is -0.355 e. The Hall–Kier alpha value is -1.59. The maximum atomic E-state index is 11.5. The standard InChI is InChI=1S/C12H16ClN3O2/c1-14-6-5-11(17)16-8-3-4-10(13)9(7-8)12(18)15-2/h3-4,7,14H,5-6H2,1-2H3,(H,15,18)(H,16,17). The van der Waals surface area contributed by atoms with Crippen molar-refractivity contribution in [1.82, 2.24) is 10.6 Å². The van der Waals surface area contributed by atoms with Crippen LogP contribution in [0.5, 0.6) is 0 Å². The van der Waals surface area contributed by atoms with E-state index in [2.05, 4.69) is 16.0 Å². The molecule has 0 aliphatic heterocycles. The molecule has 0 unspecified atom stereocenters. The van der Waals surface area contributed by atoms with Crippen molar-refractivity contribution in [2.24, 2.45) is 0 Å². The lowest BCUT2D eigenvalue weighted by molar-refractivity contribution is -0.116. The van der Waals surface area contributed by atoms with Crippen LogP contribution < -0.4 is 16.0 Å². The van der Waals surface area contributed by atoms with Gasteiger partial charge in [0.1, 0.15) is 0 Å². The highest BCUT2D eigenvalue weighted by atomic mass is 35.5. The Morgan fingerprint density at radius 3 is 2.61 bits per heavy atom. The van der Waals surface area contributed by atoms with Crippen LogP contribution in [0, 0.1) is 0 Å². The second-order valence-electron chi connectivity index (χ2n) is 3.68. The average molecular weight is 270 g/mol. The molecule has 0 atom stereocenters. The lowest BCUT2D eigenvalue weighted by Gasteiger charge is -2.08. The van der Waals surface area contributed by atoms with Gasteiger partial charge >= 0.3 is 0 Å². The third-order valence-electron chi connectivity index (χ3n) is 2.32. The van der Waals surface area contributed by atoms with E-state index in [1.54, 1.807) is 25.2 Å². The van der Waals surface area contributed by atoms with E-state index in [-0.39, 0.29) is 11.8 Å². The van der Waals surface area contributed by atoms with Gasteiger partial charge in [0.05, 0.1) is 10.6 Å². The first kappa shape index (κ1) is 14.5. The van der Waals surface area contributed by atoms with Crippen LogP contribution in [0.2, 0.25) is 5.02 Å².